The van der Waals surface area contributed by atoms with Gasteiger partial charge in [0, 0.05) is 45.3 Å². The summed E-state index contributed by atoms with van der Waals surface area (Å²) < 4.78 is 13.6. The Balaban J connectivity index is 1.55. The molecule has 2 aliphatic heterocycles. The van der Waals surface area contributed by atoms with Crippen LogP contribution in [0.3, 0.4) is 0 Å². The van der Waals surface area contributed by atoms with E-state index in [-0.39, 0.29) is 5.60 Å². The highest BCUT2D eigenvalue weighted by atomic mass is 16.5. The minimum absolute atomic E-state index is 0.0653. The molecule has 1 aromatic rings. The van der Waals surface area contributed by atoms with Crippen molar-refractivity contribution < 1.29 is 9.47 Å². The van der Waals surface area contributed by atoms with Crippen molar-refractivity contribution in [3.05, 3.63) is 18.2 Å². The van der Waals surface area contributed by atoms with Crippen molar-refractivity contribution in [1.29, 1.82) is 0 Å². The van der Waals surface area contributed by atoms with E-state index in [1.807, 2.05) is 19.4 Å². The molecule has 1 N–H and O–H groups in total. The molecule has 0 saturated carbocycles. The third-order valence-corrected chi connectivity index (χ3v) is 4.37. The van der Waals surface area contributed by atoms with Crippen LogP contribution in [0.25, 0.3) is 0 Å². The predicted octanol–water partition coefficient (Wildman–Crippen LogP) is 1.24. The molecule has 0 aromatic carbocycles. The number of ether oxygens (including phenoxy) is 2. The molecule has 2 aliphatic rings. The summed E-state index contributed by atoms with van der Waals surface area (Å²) in [5.41, 5.74) is 0.0653. The lowest BCUT2D eigenvalue weighted by Gasteiger charge is -2.43. The summed E-state index contributed by atoms with van der Waals surface area (Å²) in [7, 11) is 2.04. The van der Waals surface area contributed by atoms with Crippen LogP contribution in [0.2, 0.25) is 0 Å². The first-order chi connectivity index (χ1) is 9.27. The first-order valence-corrected chi connectivity index (χ1v) is 7.19. The van der Waals surface area contributed by atoms with Crippen LogP contribution in [0.4, 0.5) is 0 Å². The Bertz CT molecular complexity index is 407. The second kappa shape index (κ2) is 5.61. The third-order valence-electron chi connectivity index (χ3n) is 4.37. The molecule has 0 bridgehead atoms. The average Bonchev–Trinajstić information content (AvgIpc) is 2.83. The molecule has 0 aliphatic carbocycles. The Kier molecular flexibility index (Phi) is 3.86. The Morgan fingerprint density at radius 2 is 2.26 bits per heavy atom. The Labute approximate surface area is 114 Å². The predicted molar refractivity (Wildman–Crippen MR) is 71.8 cm³/mol. The fourth-order valence-electron chi connectivity index (χ4n) is 3.10. The van der Waals surface area contributed by atoms with E-state index in [1.54, 1.807) is 0 Å². The monoisotopic (exact) mass is 265 g/mol. The van der Waals surface area contributed by atoms with E-state index < -0.39 is 0 Å². The fourth-order valence-corrected chi connectivity index (χ4v) is 3.10. The molecule has 5 nitrogen and oxygen atoms in total. The van der Waals surface area contributed by atoms with Gasteiger partial charge in [-0.2, -0.15) is 0 Å². The maximum absolute atomic E-state index is 6.06. The van der Waals surface area contributed by atoms with Crippen molar-refractivity contribution in [3.8, 4) is 0 Å². The lowest BCUT2D eigenvalue weighted by Crippen LogP contribution is -2.49. The molecule has 1 aromatic heterocycles. The number of nitrogens with zero attached hydrogens (tertiary/aromatic N) is 2. The highest BCUT2D eigenvalue weighted by Gasteiger charge is 2.38. The van der Waals surface area contributed by atoms with E-state index in [9.17, 15) is 0 Å². The molecule has 0 amide bonds. The van der Waals surface area contributed by atoms with Gasteiger partial charge in [0.15, 0.2) is 0 Å². The highest BCUT2D eigenvalue weighted by molar-refractivity contribution is 4.94. The molecule has 2 fully saturated rings. The van der Waals surface area contributed by atoms with Gasteiger partial charge < -0.3 is 19.4 Å². The second-order valence-corrected chi connectivity index (χ2v) is 5.67. The molecule has 19 heavy (non-hydrogen) atoms. The van der Waals surface area contributed by atoms with E-state index in [0.29, 0.717) is 6.04 Å². The summed E-state index contributed by atoms with van der Waals surface area (Å²) in [6.45, 7) is 3.37. The minimum Gasteiger partial charge on any atom is -0.381 e. The Hall–Kier alpha value is -0.910. The van der Waals surface area contributed by atoms with Gasteiger partial charge in [-0.25, -0.2) is 4.98 Å². The molecule has 106 valence electrons. The summed E-state index contributed by atoms with van der Waals surface area (Å²) >= 11 is 0. The fraction of sp³-hybridized carbons (Fsp3) is 0.786. The number of nitrogens with one attached hydrogen (secondary N) is 1. The molecular weight excluding hydrogens is 242 g/mol. The van der Waals surface area contributed by atoms with Crippen LogP contribution < -0.4 is 5.32 Å². The molecule has 3 heterocycles. The zero-order valence-corrected chi connectivity index (χ0v) is 11.6. The van der Waals surface area contributed by atoms with Crippen molar-refractivity contribution in [2.45, 2.75) is 43.9 Å². The van der Waals surface area contributed by atoms with Crippen LogP contribution in [0, 0.1) is 0 Å². The number of aryl methyl sites for hydroxylation is 1. The SMILES string of the molecule is Cn1ccnc1CNC1CCOC2(CCOCC2)C1. The third kappa shape index (κ3) is 2.99. The van der Waals surface area contributed by atoms with Gasteiger partial charge in [-0.05, 0) is 25.7 Å². The van der Waals surface area contributed by atoms with Gasteiger partial charge in [-0.15, -0.1) is 0 Å². The minimum atomic E-state index is 0.0653. The van der Waals surface area contributed by atoms with Gasteiger partial charge in [0.1, 0.15) is 5.82 Å². The van der Waals surface area contributed by atoms with Crippen molar-refractivity contribution in [3.63, 3.8) is 0 Å². The van der Waals surface area contributed by atoms with Crippen LogP contribution >= 0.6 is 0 Å². The van der Waals surface area contributed by atoms with Gasteiger partial charge in [-0.1, -0.05) is 0 Å². The molecule has 0 radical (unpaired) electrons. The number of hydrogen-bond donors (Lipinski definition) is 1. The molecule has 1 unspecified atom stereocenters. The van der Waals surface area contributed by atoms with Crippen LogP contribution in [-0.4, -0.2) is 41.0 Å². The van der Waals surface area contributed by atoms with Crippen molar-refractivity contribution in [2.24, 2.45) is 7.05 Å². The van der Waals surface area contributed by atoms with E-state index in [2.05, 4.69) is 14.9 Å². The van der Waals surface area contributed by atoms with Gasteiger partial charge in [0.2, 0.25) is 0 Å². The molecule has 1 atom stereocenters. The number of rotatable bonds is 3. The standard InChI is InChI=1S/C14H23N3O2/c1-17-6-5-15-13(17)11-16-12-2-7-19-14(10-12)3-8-18-9-4-14/h5-6,12,16H,2-4,7-11H2,1H3. The van der Waals surface area contributed by atoms with Crippen LogP contribution in [-0.2, 0) is 23.1 Å². The Morgan fingerprint density at radius 3 is 3.00 bits per heavy atom. The summed E-state index contributed by atoms with van der Waals surface area (Å²) in [6.07, 6.45) is 8.09. The topological polar surface area (TPSA) is 48.3 Å². The smallest absolute Gasteiger partial charge is 0.122 e. The second-order valence-electron chi connectivity index (χ2n) is 5.67. The van der Waals surface area contributed by atoms with Gasteiger partial charge in [0.05, 0.1) is 12.1 Å². The molecule has 3 rings (SSSR count). The van der Waals surface area contributed by atoms with Crippen LogP contribution in [0.1, 0.15) is 31.5 Å². The average molecular weight is 265 g/mol. The maximum Gasteiger partial charge on any atom is 0.122 e. The lowest BCUT2D eigenvalue weighted by molar-refractivity contribution is -0.140. The zero-order valence-electron chi connectivity index (χ0n) is 11.6. The Morgan fingerprint density at radius 1 is 1.42 bits per heavy atom. The van der Waals surface area contributed by atoms with Crippen molar-refractivity contribution >= 4 is 0 Å². The number of hydrogen-bond acceptors (Lipinski definition) is 4. The van der Waals surface area contributed by atoms with E-state index >= 15 is 0 Å². The summed E-state index contributed by atoms with van der Waals surface area (Å²) in [5.74, 6) is 1.09. The van der Waals surface area contributed by atoms with Gasteiger partial charge in [0.25, 0.3) is 0 Å². The number of aromatic nitrogens is 2. The molecule has 2 saturated heterocycles. The maximum atomic E-state index is 6.06. The lowest BCUT2D eigenvalue weighted by atomic mass is 9.84. The van der Waals surface area contributed by atoms with Crippen molar-refractivity contribution in [2.75, 3.05) is 19.8 Å². The molecular formula is C14H23N3O2. The zero-order chi connectivity index (χ0) is 13.1. The molecule has 5 heteroatoms. The summed E-state index contributed by atoms with van der Waals surface area (Å²) in [5, 5.41) is 3.63. The van der Waals surface area contributed by atoms with Crippen molar-refractivity contribution in [1.82, 2.24) is 14.9 Å². The molecule has 1 spiro atoms. The summed E-state index contributed by atoms with van der Waals surface area (Å²) in [4.78, 5) is 4.35. The van der Waals surface area contributed by atoms with Crippen LogP contribution in [0.5, 0.6) is 0 Å². The first-order valence-electron chi connectivity index (χ1n) is 7.19. The quantitative estimate of drug-likeness (QED) is 0.893. The van der Waals surface area contributed by atoms with Gasteiger partial charge >= 0.3 is 0 Å². The van der Waals surface area contributed by atoms with Gasteiger partial charge in [-0.3, -0.25) is 0 Å². The van der Waals surface area contributed by atoms with E-state index in [4.69, 9.17) is 9.47 Å². The normalized spacial score (nSPS) is 26.7. The highest BCUT2D eigenvalue weighted by Crippen LogP contribution is 2.34. The largest absolute Gasteiger partial charge is 0.381 e. The first kappa shape index (κ1) is 13.1. The number of imidazole rings is 1. The van der Waals surface area contributed by atoms with Crippen LogP contribution in [0.15, 0.2) is 12.4 Å². The van der Waals surface area contributed by atoms with E-state index in [0.717, 1.165) is 57.9 Å². The van der Waals surface area contributed by atoms with E-state index in [1.165, 1.54) is 0 Å². The summed E-state index contributed by atoms with van der Waals surface area (Å²) in [6, 6.07) is 0.531.